The maximum absolute atomic E-state index is 6.70. The van der Waals surface area contributed by atoms with Crippen LogP contribution in [0.1, 0.15) is 48.9 Å². The summed E-state index contributed by atoms with van der Waals surface area (Å²) in [5, 5.41) is 8.15. The summed E-state index contributed by atoms with van der Waals surface area (Å²) in [5.41, 5.74) is 4.24. The quantitative estimate of drug-likeness (QED) is 0.715. The number of halogens is 1. The molecule has 1 spiro atoms. The standard InChI is InChI=1S/C23H26ClN3O/c1-3-26-12-10-23(11-13-26)27-21(18-14-16(2)8-9-22(18)28-23)15-20(25-27)17-6-4-5-7-19(17)24/h4-9,14,21H,3,10-13,15H2,1-2H3/t21-/m1/s1. The molecule has 3 heterocycles. The number of likely N-dealkylation sites (tertiary alicyclic amines) is 1. The molecule has 0 radical (unpaired) electrons. The van der Waals surface area contributed by atoms with E-state index in [2.05, 4.69) is 48.0 Å². The van der Waals surface area contributed by atoms with Crippen molar-refractivity contribution >= 4 is 17.3 Å². The van der Waals surface area contributed by atoms with E-state index in [9.17, 15) is 0 Å². The van der Waals surface area contributed by atoms with Crippen LogP contribution < -0.4 is 4.74 Å². The Morgan fingerprint density at radius 2 is 1.96 bits per heavy atom. The van der Waals surface area contributed by atoms with E-state index in [1.165, 1.54) is 11.1 Å². The Balaban J connectivity index is 1.58. The van der Waals surface area contributed by atoms with Crippen LogP contribution in [-0.2, 0) is 0 Å². The molecule has 0 N–H and O–H groups in total. The lowest BCUT2D eigenvalue weighted by atomic mass is 9.90. The van der Waals surface area contributed by atoms with Crippen molar-refractivity contribution in [2.24, 2.45) is 5.10 Å². The highest BCUT2D eigenvalue weighted by Gasteiger charge is 2.51. The highest BCUT2D eigenvalue weighted by Crippen LogP contribution is 2.50. The molecule has 28 heavy (non-hydrogen) atoms. The molecule has 2 aromatic carbocycles. The molecule has 146 valence electrons. The number of hydrazone groups is 1. The van der Waals surface area contributed by atoms with Crippen molar-refractivity contribution in [2.45, 2.75) is 44.9 Å². The fourth-order valence-electron chi connectivity index (χ4n) is 4.81. The van der Waals surface area contributed by atoms with E-state index in [4.69, 9.17) is 21.4 Å². The summed E-state index contributed by atoms with van der Waals surface area (Å²) in [4.78, 5) is 2.49. The third kappa shape index (κ3) is 2.82. The van der Waals surface area contributed by atoms with Gasteiger partial charge < -0.3 is 9.64 Å². The van der Waals surface area contributed by atoms with Gasteiger partial charge in [0, 0.05) is 48.5 Å². The maximum atomic E-state index is 6.70. The summed E-state index contributed by atoms with van der Waals surface area (Å²) < 4.78 is 6.70. The van der Waals surface area contributed by atoms with Crippen molar-refractivity contribution in [1.82, 2.24) is 9.91 Å². The van der Waals surface area contributed by atoms with Gasteiger partial charge in [-0.05, 0) is 25.6 Å². The topological polar surface area (TPSA) is 28.1 Å². The molecule has 5 heteroatoms. The van der Waals surface area contributed by atoms with Gasteiger partial charge in [0.15, 0.2) is 0 Å². The van der Waals surface area contributed by atoms with Crippen molar-refractivity contribution in [2.75, 3.05) is 19.6 Å². The summed E-state index contributed by atoms with van der Waals surface area (Å²) in [5.74, 6) is 1.02. The van der Waals surface area contributed by atoms with Crippen molar-refractivity contribution in [3.63, 3.8) is 0 Å². The van der Waals surface area contributed by atoms with Crippen molar-refractivity contribution in [1.29, 1.82) is 0 Å². The van der Waals surface area contributed by atoms with E-state index in [0.29, 0.717) is 0 Å². The molecule has 3 aliphatic rings. The summed E-state index contributed by atoms with van der Waals surface area (Å²) >= 11 is 6.51. The Labute approximate surface area is 171 Å². The molecule has 3 aliphatic heterocycles. The monoisotopic (exact) mass is 395 g/mol. The molecule has 1 saturated heterocycles. The van der Waals surface area contributed by atoms with Crippen LogP contribution in [-0.4, -0.2) is 41.0 Å². The number of aryl methyl sites for hydroxylation is 1. The Bertz CT molecular complexity index is 933. The summed E-state index contributed by atoms with van der Waals surface area (Å²) in [7, 11) is 0. The van der Waals surface area contributed by atoms with Crippen LogP contribution in [0.15, 0.2) is 47.6 Å². The van der Waals surface area contributed by atoms with E-state index >= 15 is 0 Å². The van der Waals surface area contributed by atoms with Gasteiger partial charge in [0.2, 0.25) is 5.72 Å². The Kier molecular flexibility index (Phi) is 4.37. The van der Waals surface area contributed by atoms with Crippen molar-refractivity contribution < 1.29 is 4.74 Å². The van der Waals surface area contributed by atoms with E-state index in [0.717, 1.165) is 60.9 Å². The van der Waals surface area contributed by atoms with Gasteiger partial charge in [-0.2, -0.15) is 5.10 Å². The normalized spacial score (nSPS) is 23.2. The average molecular weight is 396 g/mol. The van der Waals surface area contributed by atoms with Gasteiger partial charge in [0.1, 0.15) is 5.75 Å². The van der Waals surface area contributed by atoms with Crippen molar-refractivity contribution in [3.8, 4) is 5.75 Å². The Morgan fingerprint density at radius 1 is 1.18 bits per heavy atom. The number of benzene rings is 2. The predicted molar refractivity (Wildman–Crippen MR) is 113 cm³/mol. The second-order valence-electron chi connectivity index (χ2n) is 8.11. The number of nitrogens with zero attached hydrogens (tertiary/aromatic N) is 3. The third-order valence-corrected chi connectivity index (χ3v) is 6.75. The zero-order valence-corrected chi connectivity index (χ0v) is 17.2. The molecule has 0 saturated carbocycles. The lowest BCUT2D eigenvalue weighted by Crippen LogP contribution is -2.59. The molecule has 0 amide bonds. The SMILES string of the molecule is CCN1CCC2(CC1)Oc1ccc(C)cc1[C@H]1CC(c3ccccc3Cl)=NN12. The molecule has 0 aromatic heterocycles. The zero-order valence-electron chi connectivity index (χ0n) is 16.5. The van der Waals surface area contributed by atoms with Gasteiger partial charge in [-0.25, -0.2) is 5.01 Å². The van der Waals surface area contributed by atoms with Crippen LogP contribution in [0.2, 0.25) is 5.02 Å². The van der Waals surface area contributed by atoms with Gasteiger partial charge in [-0.1, -0.05) is 54.4 Å². The Morgan fingerprint density at radius 3 is 2.71 bits per heavy atom. The lowest BCUT2D eigenvalue weighted by molar-refractivity contribution is -0.149. The molecule has 5 rings (SSSR count). The molecule has 1 atom stereocenters. The number of hydrogen-bond acceptors (Lipinski definition) is 4. The smallest absolute Gasteiger partial charge is 0.200 e. The molecule has 1 fully saturated rings. The summed E-state index contributed by atoms with van der Waals surface area (Å²) in [6.07, 6.45) is 2.79. The van der Waals surface area contributed by atoms with Gasteiger partial charge in [-0.3, -0.25) is 0 Å². The van der Waals surface area contributed by atoms with E-state index in [1.54, 1.807) is 0 Å². The molecule has 0 unspecified atom stereocenters. The van der Waals surface area contributed by atoms with Crippen LogP contribution in [0.25, 0.3) is 0 Å². The zero-order chi connectivity index (χ0) is 19.3. The van der Waals surface area contributed by atoms with Gasteiger partial charge in [-0.15, -0.1) is 0 Å². The highest BCUT2D eigenvalue weighted by atomic mass is 35.5. The first-order chi connectivity index (χ1) is 13.6. The van der Waals surface area contributed by atoms with Gasteiger partial charge in [0.25, 0.3) is 0 Å². The minimum Gasteiger partial charge on any atom is -0.466 e. The minimum absolute atomic E-state index is 0.211. The maximum Gasteiger partial charge on any atom is 0.200 e. The molecule has 0 bridgehead atoms. The fraction of sp³-hybridized carbons (Fsp3) is 0.435. The molecule has 4 nitrogen and oxygen atoms in total. The second-order valence-corrected chi connectivity index (χ2v) is 8.52. The first-order valence-corrected chi connectivity index (χ1v) is 10.6. The first kappa shape index (κ1) is 18.0. The minimum atomic E-state index is -0.360. The number of hydrogen-bond donors (Lipinski definition) is 0. The Hall–Kier alpha value is -2.04. The lowest BCUT2D eigenvalue weighted by Gasteiger charge is -2.51. The number of piperidine rings is 1. The summed E-state index contributed by atoms with van der Waals surface area (Å²) in [6.45, 7) is 7.53. The molecule has 2 aromatic rings. The fourth-order valence-corrected chi connectivity index (χ4v) is 5.05. The van der Waals surface area contributed by atoms with Crippen molar-refractivity contribution in [3.05, 3.63) is 64.2 Å². The highest BCUT2D eigenvalue weighted by molar-refractivity contribution is 6.34. The van der Waals surface area contributed by atoms with Crippen LogP contribution >= 0.6 is 11.6 Å². The predicted octanol–water partition coefficient (Wildman–Crippen LogP) is 5.00. The number of rotatable bonds is 2. The van der Waals surface area contributed by atoms with E-state index in [-0.39, 0.29) is 11.8 Å². The molecule has 0 aliphatic carbocycles. The van der Waals surface area contributed by atoms with Crippen LogP contribution in [0.5, 0.6) is 5.75 Å². The number of ether oxygens (including phenoxy) is 1. The average Bonchev–Trinajstić information content (AvgIpc) is 3.16. The van der Waals surface area contributed by atoms with E-state index in [1.807, 2.05) is 18.2 Å². The van der Waals surface area contributed by atoms with Gasteiger partial charge >= 0.3 is 0 Å². The van der Waals surface area contributed by atoms with Gasteiger partial charge in [0.05, 0.1) is 11.8 Å². The molecular formula is C23H26ClN3O. The third-order valence-electron chi connectivity index (χ3n) is 6.42. The summed E-state index contributed by atoms with van der Waals surface area (Å²) in [6, 6.07) is 14.8. The van der Waals surface area contributed by atoms with Crippen LogP contribution in [0, 0.1) is 6.92 Å². The first-order valence-electron chi connectivity index (χ1n) is 10.2. The molecular weight excluding hydrogens is 370 g/mol. The second kappa shape index (κ2) is 6.78. The largest absolute Gasteiger partial charge is 0.466 e. The van der Waals surface area contributed by atoms with Crippen LogP contribution in [0.4, 0.5) is 0 Å². The van der Waals surface area contributed by atoms with E-state index < -0.39 is 0 Å². The number of fused-ring (bicyclic) bond motifs is 4. The van der Waals surface area contributed by atoms with Crippen LogP contribution in [0.3, 0.4) is 0 Å².